The molecule has 0 saturated carbocycles. The van der Waals surface area contributed by atoms with E-state index in [2.05, 4.69) is 16.0 Å². The van der Waals surface area contributed by atoms with Crippen molar-refractivity contribution >= 4 is 71.5 Å². The van der Waals surface area contributed by atoms with Crippen LogP contribution in [0.2, 0.25) is 0 Å². The zero-order valence-corrected chi connectivity index (χ0v) is 34.7. The van der Waals surface area contributed by atoms with Crippen molar-refractivity contribution in [1.82, 2.24) is 35.1 Å². The van der Waals surface area contributed by atoms with Crippen molar-refractivity contribution in [2.45, 2.75) is 44.6 Å². The third kappa shape index (κ3) is 14.1. The summed E-state index contributed by atoms with van der Waals surface area (Å²) in [5, 5.41) is 27.7. The molecular formula is C35H52BGaN8O12. The predicted octanol–water partition coefficient (Wildman–Crippen LogP) is -3.45. The van der Waals surface area contributed by atoms with E-state index in [1.54, 1.807) is 31.2 Å². The van der Waals surface area contributed by atoms with Crippen LogP contribution < -0.4 is 16.0 Å². The summed E-state index contributed by atoms with van der Waals surface area (Å²) in [5.74, 6) is -3.68. The normalized spacial score (nSPS) is 24.0. The summed E-state index contributed by atoms with van der Waals surface area (Å²) in [6.07, 6.45) is 1.78. The number of fused-ring (bicyclic) bond motifs is 7. The van der Waals surface area contributed by atoms with E-state index in [1.807, 2.05) is 19.6 Å². The average Bonchev–Trinajstić information content (AvgIpc) is 3.65. The number of anilines is 1. The zero-order chi connectivity index (χ0) is 40.9. The van der Waals surface area contributed by atoms with E-state index in [9.17, 15) is 43.6 Å². The maximum absolute atomic E-state index is 13.0. The van der Waals surface area contributed by atoms with Gasteiger partial charge in [0.15, 0.2) is 5.78 Å². The summed E-state index contributed by atoms with van der Waals surface area (Å²) in [6, 6.07) is 5.58. The minimum Gasteiger partial charge on any atom is -0.426 e. The van der Waals surface area contributed by atoms with Gasteiger partial charge in [-0.1, -0.05) is 0 Å². The van der Waals surface area contributed by atoms with E-state index in [1.165, 1.54) is 4.90 Å². The van der Waals surface area contributed by atoms with Gasteiger partial charge in [-0.2, -0.15) is 0 Å². The van der Waals surface area contributed by atoms with Crippen LogP contribution in [0.4, 0.5) is 5.69 Å². The van der Waals surface area contributed by atoms with Crippen LogP contribution >= 0.6 is 0 Å². The standard InChI is InChI=1S/C35H55BN8O12.Ga/c1-25(35(54)44-11-3-5-29(44)36(55)56)39-34(53)26-6-8-27(9-7-26)38-20-28(45)4-2-10-37-30(46)21-40-12-14-41(22-31(47)48)16-18-43(24-33(51)52)19-17-42(15-13-40)23-32(49)50;/h6-9,25,29,38,55-56H,2-5,10-24H2,1H3,(H,37,46)(H,39,53)(H,47,48)(H,49,50)(H,51,52);/q;+3/p-3/t25-,29+;/m1./s1. The number of benzene rings is 1. The van der Waals surface area contributed by atoms with E-state index in [4.69, 9.17) is 10.6 Å². The van der Waals surface area contributed by atoms with Crippen molar-refractivity contribution < 1.29 is 54.2 Å². The average molecular weight is 857 g/mol. The predicted molar refractivity (Wildman–Crippen MR) is 204 cm³/mol. The zero-order valence-electron chi connectivity index (χ0n) is 32.3. The van der Waals surface area contributed by atoms with Gasteiger partial charge in [-0.25, -0.2) is 0 Å². The van der Waals surface area contributed by atoms with Crippen LogP contribution in [0.5, 0.6) is 0 Å². The molecule has 20 nitrogen and oxygen atoms in total. The number of nitrogens with one attached hydrogen (secondary N) is 3. The molecule has 4 aliphatic rings. The number of hydrogen-bond donors (Lipinski definition) is 5. The second-order valence-electron chi connectivity index (χ2n) is 14.6. The third-order valence-electron chi connectivity index (χ3n) is 10.3. The van der Waals surface area contributed by atoms with Gasteiger partial charge >= 0.3 is 194 Å². The van der Waals surface area contributed by atoms with E-state index in [0.717, 1.165) is 0 Å². The summed E-state index contributed by atoms with van der Waals surface area (Å²) in [6.45, 7) is 5.98. The topological polar surface area (TPSA) is 240 Å². The van der Waals surface area contributed by atoms with Gasteiger partial charge in [0.05, 0.1) is 12.5 Å². The van der Waals surface area contributed by atoms with Crippen LogP contribution in [-0.2, 0) is 39.4 Å². The van der Waals surface area contributed by atoms with Crippen LogP contribution in [0.15, 0.2) is 24.3 Å². The number of Topliss-reactive ketones (excluding diaryl/α,β-unsaturated/α-hetero) is 1. The first-order chi connectivity index (χ1) is 27.3. The minimum absolute atomic E-state index is 0.00405. The first kappa shape index (κ1) is 44.1. The number of nitrogens with zero attached hydrogens (tertiary/aromatic N) is 5. The Morgan fingerprint density at radius 3 is 1.91 bits per heavy atom. The summed E-state index contributed by atoms with van der Waals surface area (Å²) < 4.78 is 16.1. The molecule has 0 spiro atoms. The van der Waals surface area contributed by atoms with E-state index >= 15 is 0 Å². The van der Waals surface area contributed by atoms with Gasteiger partial charge in [0.2, 0.25) is 5.91 Å². The molecule has 0 radical (unpaired) electrons. The van der Waals surface area contributed by atoms with Gasteiger partial charge in [0.25, 0.3) is 5.91 Å². The van der Waals surface area contributed by atoms with Crippen molar-refractivity contribution in [2.75, 3.05) is 103 Å². The van der Waals surface area contributed by atoms with Crippen LogP contribution in [0.1, 0.15) is 43.0 Å². The molecule has 310 valence electrons. The van der Waals surface area contributed by atoms with Gasteiger partial charge in [-0.15, -0.1) is 0 Å². The van der Waals surface area contributed by atoms with Gasteiger partial charge in [0, 0.05) is 24.2 Å². The van der Waals surface area contributed by atoms with Crippen molar-refractivity contribution in [1.29, 1.82) is 0 Å². The number of likely N-dealkylation sites (tertiary alicyclic amines) is 1. The Balaban J connectivity index is 1.03. The molecule has 0 aliphatic carbocycles. The first-order valence-electron chi connectivity index (χ1n) is 19.4. The van der Waals surface area contributed by atoms with Gasteiger partial charge in [-0.3, -0.25) is 14.4 Å². The molecule has 5 rings (SSSR count). The van der Waals surface area contributed by atoms with E-state index < -0.39 is 60.2 Å². The quantitative estimate of drug-likeness (QED) is 0.0958. The maximum Gasteiger partial charge on any atom is 0.475 e. The first-order valence-corrected chi connectivity index (χ1v) is 22.4. The number of rotatable bonds is 13. The van der Waals surface area contributed by atoms with Gasteiger partial charge in [0.1, 0.15) is 6.04 Å². The molecule has 1 aromatic carbocycles. The Labute approximate surface area is 337 Å². The van der Waals surface area contributed by atoms with E-state index in [0.29, 0.717) is 96.0 Å². The fraction of sp³-hybridized carbons (Fsp3) is 0.629. The van der Waals surface area contributed by atoms with Crippen molar-refractivity contribution in [3.8, 4) is 0 Å². The second kappa shape index (κ2) is 21.7. The Bertz CT molecular complexity index is 1570. The molecule has 4 fully saturated rings. The molecule has 4 bridgehead atoms. The van der Waals surface area contributed by atoms with Gasteiger partial charge < -0.3 is 25.6 Å². The SMILES string of the molecule is C[C@@H](NC(=O)c1ccc(NCC(=O)CCCNC(=O)CN2CCN3CCN4CCN(CC2)CC(=O)[O][Ga]([O]C(=O)C3)[O]C(=O)C4)cc1)C(=O)N1CCC[C@H]1B(O)O. The van der Waals surface area contributed by atoms with Crippen molar-refractivity contribution in [3.05, 3.63) is 29.8 Å². The largest absolute Gasteiger partial charge is 0.475 e. The third-order valence-corrected chi connectivity index (χ3v) is 13.1. The van der Waals surface area contributed by atoms with E-state index in [-0.39, 0.29) is 56.7 Å². The monoisotopic (exact) mass is 856 g/mol. The fourth-order valence-electron chi connectivity index (χ4n) is 7.03. The van der Waals surface area contributed by atoms with Crippen LogP contribution in [0.25, 0.3) is 0 Å². The summed E-state index contributed by atoms with van der Waals surface area (Å²) in [7, 11) is -1.64. The number of amides is 3. The molecule has 4 aliphatic heterocycles. The number of carbonyl (C=O) groups is 7. The summed E-state index contributed by atoms with van der Waals surface area (Å²) >= 11 is -3.94. The number of carbonyl (C=O) groups excluding carboxylic acids is 7. The van der Waals surface area contributed by atoms with Crippen molar-refractivity contribution in [2.24, 2.45) is 0 Å². The Kier molecular flexibility index (Phi) is 16.7. The molecule has 57 heavy (non-hydrogen) atoms. The maximum atomic E-state index is 13.0. The van der Waals surface area contributed by atoms with Gasteiger partial charge in [-0.05, 0) is 44.0 Å². The molecule has 4 saturated heterocycles. The molecular weight excluding hydrogens is 805 g/mol. The fourth-order valence-corrected chi connectivity index (χ4v) is 9.16. The Morgan fingerprint density at radius 2 is 1.37 bits per heavy atom. The molecule has 4 atom stereocenters. The smallest absolute Gasteiger partial charge is 0.426 e. The molecule has 1 aromatic rings. The molecule has 22 heteroatoms. The van der Waals surface area contributed by atoms with Crippen LogP contribution in [0, 0.1) is 0 Å². The summed E-state index contributed by atoms with van der Waals surface area (Å²) in [5.41, 5.74) is 0.936. The minimum atomic E-state index is -3.94. The summed E-state index contributed by atoms with van der Waals surface area (Å²) in [4.78, 5) is 98.3. The van der Waals surface area contributed by atoms with Crippen molar-refractivity contribution in [3.63, 3.8) is 0 Å². The molecule has 4 heterocycles. The molecule has 3 amide bonds. The Morgan fingerprint density at radius 1 is 0.825 bits per heavy atom. The second-order valence-corrected chi connectivity index (χ2v) is 17.3. The van der Waals surface area contributed by atoms with Crippen LogP contribution in [0.3, 0.4) is 0 Å². The molecule has 2 unspecified atom stereocenters. The molecule has 5 N–H and O–H groups in total. The molecule has 0 aromatic heterocycles. The Hall–Kier alpha value is -4.03. The van der Waals surface area contributed by atoms with Crippen LogP contribution in [-0.4, -0.2) is 211 Å². The number of hydrogen-bond acceptors (Lipinski definition) is 17. The number of ketones is 1.